The van der Waals surface area contributed by atoms with Gasteiger partial charge in [-0.15, -0.1) is 0 Å². The predicted octanol–water partition coefficient (Wildman–Crippen LogP) is 2.70. The first kappa shape index (κ1) is 14.0. The Morgan fingerprint density at radius 1 is 1.26 bits per heavy atom. The molecule has 102 valence electrons. The van der Waals surface area contributed by atoms with E-state index in [1.165, 1.54) is 0 Å². The minimum Gasteiger partial charge on any atom is -0.255 e. The molecule has 4 nitrogen and oxygen atoms in total. The maximum Gasteiger partial charge on any atom is 0.242 e. The minimum absolute atomic E-state index is 0.0750. The number of fused-ring (bicyclic) bond motifs is 1. The van der Waals surface area contributed by atoms with Gasteiger partial charge in [-0.2, -0.15) is 0 Å². The minimum atomic E-state index is -3.52. The second-order valence-corrected chi connectivity index (χ2v) is 6.32. The highest BCUT2D eigenvalue weighted by molar-refractivity contribution is 7.89. The summed E-state index contributed by atoms with van der Waals surface area (Å²) in [4.78, 5) is 4.43. The van der Waals surface area contributed by atoms with E-state index < -0.39 is 10.0 Å². The molecule has 0 saturated carbocycles. The highest BCUT2D eigenvalue weighted by atomic mass is 32.2. The summed E-state index contributed by atoms with van der Waals surface area (Å²) in [5, 5.41) is 0.827. The van der Waals surface area contributed by atoms with Gasteiger partial charge >= 0.3 is 0 Å². The summed E-state index contributed by atoms with van der Waals surface area (Å²) >= 11 is 0. The van der Waals surface area contributed by atoms with Crippen LogP contribution in [0.2, 0.25) is 0 Å². The van der Waals surface area contributed by atoms with Gasteiger partial charge in [0.05, 0.1) is 5.52 Å². The molecule has 0 aliphatic carbocycles. The molecule has 2 aromatic rings. The zero-order chi connectivity index (χ0) is 13.9. The molecular formula is C14H18N2O2S. The van der Waals surface area contributed by atoms with E-state index in [1.54, 1.807) is 24.4 Å². The van der Waals surface area contributed by atoms with Crippen LogP contribution in [-0.2, 0) is 10.0 Å². The zero-order valence-electron chi connectivity index (χ0n) is 11.1. The molecule has 1 heterocycles. The fourth-order valence-corrected chi connectivity index (χ4v) is 3.57. The topological polar surface area (TPSA) is 59.1 Å². The third kappa shape index (κ3) is 3.11. The van der Waals surface area contributed by atoms with E-state index in [4.69, 9.17) is 0 Å². The quantitative estimate of drug-likeness (QED) is 0.914. The van der Waals surface area contributed by atoms with Gasteiger partial charge in [0, 0.05) is 17.6 Å². The van der Waals surface area contributed by atoms with Crippen molar-refractivity contribution in [3.63, 3.8) is 0 Å². The molecule has 0 bridgehead atoms. The molecule has 0 saturated heterocycles. The van der Waals surface area contributed by atoms with Gasteiger partial charge in [-0.25, -0.2) is 13.1 Å². The Kier molecular flexibility index (Phi) is 4.17. The van der Waals surface area contributed by atoms with Crippen molar-refractivity contribution in [3.05, 3.63) is 36.5 Å². The molecule has 2 rings (SSSR count). The SMILES string of the molecule is CCCC(C)NS(=O)(=O)c1cccc2cccnc12. The monoisotopic (exact) mass is 278 g/mol. The van der Waals surface area contributed by atoms with E-state index in [9.17, 15) is 8.42 Å². The molecule has 1 aromatic heterocycles. The molecule has 0 amide bonds. The van der Waals surface area contributed by atoms with Crippen LogP contribution in [0.25, 0.3) is 10.9 Å². The Hall–Kier alpha value is -1.46. The van der Waals surface area contributed by atoms with Gasteiger partial charge in [0.25, 0.3) is 0 Å². The number of nitrogens with zero attached hydrogens (tertiary/aromatic N) is 1. The fraction of sp³-hybridized carbons (Fsp3) is 0.357. The van der Waals surface area contributed by atoms with Crippen LogP contribution in [0.4, 0.5) is 0 Å². The van der Waals surface area contributed by atoms with Crippen LogP contribution >= 0.6 is 0 Å². The smallest absolute Gasteiger partial charge is 0.242 e. The van der Waals surface area contributed by atoms with Crippen molar-refractivity contribution >= 4 is 20.9 Å². The van der Waals surface area contributed by atoms with Crippen LogP contribution in [0.5, 0.6) is 0 Å². The lowest BCUT2D eigenvalue weighted by atomic mass is 10.2. The molecule has 1 unspecified atom stereocenters. The first-order chi connectivity index (χ1) is 9.04. The maximum atomic E-state index is 12.4. The van der Waals surface area contributed by atoms with Crippen LogP contribution in [0.3, 0.4) is 0 Å². The molecule has 1 atom stereocenters. The van der Waals surface area contributed by atoms with Crippen molar-refractivity contribution in [2.45, 2.75) is 37.6 Å². The maximum absolute atomic E-state index is 12.4. The molecule has 0 aliphatic rings. The van der Waals surface area contributed by atoms with Crippen molar-refractivity contribution in [1.29, 1.82) is 0 Å². The summed E-state index contributed by atoms with van der Waals surface area (Å²) in [5.41, 5.74) is 0.515. The molecule has 1 N–H and O–H groups in total. The number of hydrogen-bond acceptors (Lipinski definition) is 3. The summed E-state index contributed by atoms with van der Waals surface area (Å²) in [5.74, 6) is 0. The standard InChI is InChI=1S/C14H18N2O2S/c1-3-6-11(2)16-19(17,18)13-9-4-7-12-8-5-10-15-14(12)13/h4-5,7-11,16H,3,6H2,1-2H3. The van der Waals surface area contributed by atoms with Gasteiger partial charge < -0.3 is 0 Å². The zero-order valence-corrected chi connectivity index (χ0v) is 11.9. The predicted molar refractivity (Wildman–Crippen MR) is 76.4 cm³/mol. The van der Waals surface area contributed by atoms with Crippen LogP contribution in [0.15, 0.2) is 41.4 Å². The molecule has 0 aliphatic heterocycles. The number of hydrogen-bond donors (Lipinski definition) is 1. The van der Waals surface area contributed by atoms with Crippen molar-refractivity contribution in [1.82, 2.24) is 9.71 Å². The molecular weight excluding hydrogens is 260 g/mol. The van der Waals surface area contributed by atoms with Gasteiger partial charge in [-0.1, -0.05) is 31.5 Å². The molecule has 0 spiro atoms. The number of benzene rings is 1. The lowest BCUT2D eigenvalue weighted by Crippen LogP contribution is -2.32. The van der Waals surface area contributed by atoms with Gasteiger partial charge in [-0.05, 0) is 25.5 Å². The van der Waals surface area contributed by atoms with Gasteiger partial charge in [0.15, 0.2) is 0 Å². The van der Waals surface area contributed by atoms with E-state index in [-0.39, 0.29) is 10.9 Å². The normalized spacial score (nSPS) is 13.6. The number of rotatable bonds is 5. The largest absolute Gasteiger partial charge is 0.255 e. The van der Waals surface area contributed by atoms with E-state index in [0.717, 1.165) is 18.2 Å². The fourth-order valence-electron chi connectivity index (χ4n) is 2.11. The van der Waals surface area contributed by atoms with Crippen LogP contribution < -0.4 is 4.72 Å². The Morgan fingerprint density at radius 3 is 2.74 bits per heavy atom. The molecule has 5 heteroatoms. The van der Waals surface area contributed by atoms with Gasteiger partial charge in [0.2, 0.25) is 10.0 Å². The van der Waals surface area contributed by atoms with E-state index in [0.29, 0.717) is 5.52 Å². The Labute approximate surface area is 113 Å². The van der Waals surface area contributed by atoms with Crippen molar-refractivity contribution in [3.8, 4) is 0 Å². The van der Waals surface area contributed by atoms with Crippen molar-refractivity contribution in [2.75, 3.05) is 0 Å². The average Bonchev–Trinajstić information content (AvgIpc) is 2.37. The third-order valence-electron chi connectivity index (χ3n) is 2.96. The van der Waals surface area contributed by atoms with Crippen LogP contribution in [-0.4, -0.2) is 19.4 Å². The summed E-state index contributed by atoms with van der Waals surface area (Å²) < 4.78 is 27.5. The van der Waals surface area contributed by atoms with Crippen LogP contribution in [0, 0.1) is 0 Å². The number of para-hydroxylation sites is 1. The second kappa shape index (κ2) is 5.67. The first-order valence-electron chi connectivity index (χ1n) is 6.40. The number of aromatic nitrogens is 1. The second-order valence-electron chi connectivity index (χ2n) is 4.64. The molecule has 0 fully saturated rings. The van der Waals surface area contributed by atoms with Crippen LogP contribution in [0.1, 0.15) is 26.7 Å². The number of nitrogens with one attached hydrogen (secondary N) is 1. The number of pyridine rings is 1. The average molecular weight is 278 g/mol. The molecule has 1 aromatic carbocycles. The number of sulfonamides is 1. The summed E-state index contributed by atoms with van der Waals surface area (Å²) in [6, 6.07) is 8.77. The van der Waals surface area contributed by atoms with Crippen molar-refractivity contribution in [2.24, 2.45) is 0 Å². The molecule has 19 heavy (non-hydrogen) atoms. The first-order valence-corrected chi connectivity index (χ1v) is 7.89. The Balaban J connectivity index is 2.43. The van der Waals surface area contributed by atoms with Gasteiger partial charge in [0.1, 0.15) is 4.90 Å². The van der Waals surface area contributed by atoms with Crippen molar-refractivity contribution < 1.29 is 8.42 Å². The highest BCUT2D eigenvalue weighted by Gasteiger charge is 2.19. The summed E-state index contributed by atoms with van der Waals surface area (Å²) in [7, 11) is -3.52. The van der Waals surface area contributed by atoms with E-state index in [2.05, 4.69) is 9.71 Å². The Morgan fingerprint density at radius 2 is 2.00 bits per heavy atom. The Bertz CT molecular complexity index is 663. The lowest BCUT2D eigenvalue weighted by Gasteiger charge is -2.14. The summed E-state index contributed by atoms with van der Waals surface area (Å²) in [6.45, 7) is 3.91. The molecule has 0 radical (unpaired) electrons. The van der Waals surface area contributed by atoms with E-state index in [1.807, 2.05) is 26.0 Å². The third-order valence-corrected chi connectivity index (χ3v) is 4.58. The van der Waals surface area contributed by atoms with Gasteiger partial charge in [-0.3, -0.25) is 4.98 Å². The highest BCUT2D eigenvalue weighted by Crippen LogP contribution is 2.20. The summed E-state index contributed by atoms with van der Waals surface area (Å²) in [6.07, 6.45) is 3.37. The van der Waals surface area contributed by atoms with E-state index >= 15 is 0 Å². The lowest BCUT2D eigenvalue weighted by molar-refractivity contribution is 0.544.